The molecule has 1 atom stereocenters. The summed E-state index contributed by atoms with van der Waals surface area (Å²) in [5, 5.41) is 4.83. The van der Waals surface area contributed by atoms with Gasteiger partial charge < -0.3 is 21.2 Å². The van der Waals surface area contributed by atoms with Crippen molar-refractivity contribution < 1.29 is 24.0 Å². The van der Waals surface area contributed by atoms with Crippen molar-refractivity contribution in [2.75, 3.05) is 5.32 Å². The van der Waals surface area contributed by atoms with E-state index in [1.807, 2.05) is 26.3 Å². The lowest BCUT2D eigenvalue weighted by Crippen LogP contribution is -2.50. The molecule has 1 aromatic rings. The first-order chi connectivity index (χ1) is 12.5. The second-order valence-electron chi connectivity index (χ2n) is 7.01. The Kier molecular flexibility index (Phi) is 8.23. The Labute approximate surface area is 165 Å². The molecule has 0 aromatic heterocycles. The average molecular weight is 443 g/mol. The molecule has 148 valence electrons. The Bertz CT molecular complexity index is 700. The van der Waals surface area contributed by atoms with Crippen molar-refractivity contribution in [3.8, 4) is 0 Å². The first kappa shape index (κ1) is 22.4. The van der Waals surface area contributed by atoms with Gasteiger partial charge in [0.25, 0.3) is 5.91 Å². The van der Waals surface area contributed by atoms with Gasteiger partial charge in [-0.3, -0.25) is 9.59 Å². The second kappa shape index (κ2) is 9.91. The first-order valence-electron chi connectivity index (χ1n) is 8.07. The molecule has 0 saturated heterocycles. The summed E-state index contributed by atoms with van der Waals surface area (Å²) >= 11 is 3.27. The standard InChI is InChI=1S/C17H23BrN4O5/c1-17(2,3)9-14(24)27-22-15(25)12(8-13(19)23)21-16(26)20-11-6-4-10(18)5-7-11/h4-7,12H,8-9H2,1-3H3,(H2,19,23)(H,22,25)(H2,20,21,26). The summed E-state index contributed by atoms with van der Waals surface area (Å²) in [6.45, 7) is 5.50. The summed E-state index contributed by atoms with van der Waals surface area (Å²) in [7, 11) is 0. The number of primary amides is 1. The molecule has 1 aromatic carbocycles. The van der Waals surface area contributed by atoms with E-state index < -0.39 is 36.3 Å². The molecule has 0 aliphatic rings. The minimum Gasteiger partial charge on any atom is -0.370 e. The van der Waals surface area contributed by atoms with Crippen LogP contribution in [0.5, 0.6) is 0 Å². The Morgan fingerprint density at radius 1 is 1.15 bits per heavy atom. The lowest BCUT2D eigenvalue weighted by molar-refractivity contribution is -0.160. The normalized spacial score (nSPS) is 11.9. The molecule has 1 unspecified atom stereocenters. The topological polar surface area (TPSA) is 140 Å². The van der Waals surface area contributed by atoms with E-state index in [1.54, 1.807) is 24.3 Å². The monoisotopic (exact) mass is 442 g/mol. The molecule has 9 nitrogen and oxygen atoms in total. The highest BCUT2D eigenvalue weighted by Crippen LogP contribution is 2.18. The second-order valence-corrected chi connectivity index (χ2v) is 7.92. The van der Waals surface area contributed by atoms with E-state index in [9.17, 15) is 19.2 Å². The largest absolute Gasteiger partial charge is 0.370 e. The van der Waals surface area contributed by atoms with Crippen LogP contribution in [0.3, 0.4) is 0 Å². The Morgan fingerprint density at radius 2 is 1.74 bits per heavy atom. The molecule has 0 aliphatic heterocycles. The predicted molar refractivity (Wildman–Crippen MR) is 102 cm³/mol. The summed E-state index contributed by atoms with van der Waals surface area (Å²) in [5.41, 5.74) is 7.21. The van der Waals surface area contributed by atoms with Crippen molar-refractivity contribution in [3.63, 3.8) is 0 Å². The van der Waals surface area contributed by atoms with Crippen molar-refractivity contribution in [1.29, 1.82) is 0 Å². The van der Waals surface area contributed by atoms with E-state index in [4.69, 9.17) is 5.73 Å². The van der Waals surface area contributed by atoms with Crippen LogP contribution in [0.25, 0.3) is 0 Å². The molecule has 0 radical (unpaired) electrons. The number of urea groups is 1. The minimum absolute atomic E-state index is 0.0747. The van der Waals surface area contributed by atoms with E-state index in [0.29, 0.717) is 5.69 Å². The van der Waals surface area contributed by atoms with Gasteiger partial charge in [0, 0.05) is 10.2 Å². The molecular weight excluding hydrogens is 420 g/mol. The molecule has 0 fully saturated rings. The lowest BCUT2D eigenvalue weighted by Gasteiger charge is -2.19. The molecule has 4 amide bonds. The van der Waals surface area contributed by atoms with E-state index in [1.165, 1.54) is 0 Å². The van der Waals surface area contributed by atoms with Gasteiger partial charge in [-0.2, -0.15) is 5.48 Å². The summed E-state index contributed by atoms with van der Waals surface area (Å²) in [5.74, 6) is -2.32. The fraction of sp³-hybridized carbons (Fsp3) is 0.412. The van der Waals surface area contributed by atoms with Crippen LogP contribution in [-0.4, -0.2) is 29.9 Å². The predicted octanol–water partition coefficient (Wildman–Crippen LogP) is 1.83. The van der Waals surface area contributed by atoms with E-state index in [0.717, 1.165) is 4.47 Å². The first-order valence-corrected chi connectivity index (χ1v) is 8.86. The number of hydroxylamine groups is 1. The minimum atomic E-state index is -1.31. The van der Waals surface area contributed by atoms with Crippen molar-refractivity contribution in [2.45, 2.75) is 39.7 Å². The number of carbonyl (C=O) groups excluding carboxylic acids is 4. The molecule has 0 aliphatic carbocycles. The third-order valence-electron chi connectivity index (χ3n) is 3.07. The molecular formula is C17H23BrN4O5. The van der Waals surface area contributed by atoms with E-state index in [-0.39, 0.29) is 11.8 Å². The molecule has 0 spiro atoms. The smallest absolute Gasteiger partial charge is 0.332 e. The summed E-state index contributed by atoms with van der Waals surface area (Å²) in [6.07, 6.45) is -0.387. The lowest BCUT2D eigenvalue weighted by atomic mass is 9.93. The van der Waals surface area contributed by atoms with Crippen LogP contribution in [0.4, 0.5) is 10.5 Å². The fourth-order valence-electron chi connectivity index (χ4n) is 1.92. The average Bonchev–Trinajstić information content (AvgIpc) is 2.52. The van der Waals surface area contributed by atoms with Gasteiger partial charge in [-0.05, 0) is 29.7 Å². The highest BCUT2D eigenvalue weighted by molar-refractivity contribution is 9.10. The number of benzene rings is 1. The number of hydrogen-bond donors (Lipinski definition) is 4. The van der Waals surface area contributed by atoms with Crippen LogP contribution in [0, 0.1) is 5.41 Å². The Hall–Kier alpha value is -2.62. The fourth-order valence-corrected chi connectivity index (χ4v) is 2.18. The number of nitrogens with one attached hydrogen (secondary N) is 3. The van der Waals surface area contributed by atoms with Crippen LogP contribution in [0.2, 0.25) is 0 Å². The zero-order chi connectivity index (χ0) is 20.6. The Balaban J connectivity index is 2.64. The number of anilines is 1. The van der Waals surface area contributed by atoms with Gasteiger partial charge in [0.2, 0.25) is 5.91 Å². The van der Waals surface area contributed by atoms with Crippen molar-refractivity contribution in [2.24, 2.45) is 11.1 Å². The number of nitrogens with two attached hydrogens (primary N) is 1. The molecule has 5 N–H and O–H groups in total. The van der Waals surface area contributed by atoms with Gasteiger partial charge in [-0.25, -0.2) is 9.59 Å². The van der Waals surface area contributed by atoms with E-state index in [2.05, 4.69) is 31.4 Å². The molecule has 0 bridgehead atoms. The quantitative estimate of drug-likeness (QED) is 0.497. The van der Waals surface area contributed by atoms with Crippen LogP contribution >= 0.6 is 15.9 Å². The maximum atomic E-state index is 12.1. The number of halogens is 1. The molecule has 27 heavy (non-hydrogen) atoms. The summed E-state index contributed by atoms with van der Waals surface area (Å²) in [6, 6.07) is 4.69. The third-order valence-corrected chi connectivity index (χ3v) is 3.60. The van der Waals surface area contributed by atoms with Crippen LogP contribution < -0.4 is 21.8 Å². The van der Waals surface area contributed by atoms with Gasteiger partial charge in [0.15, 0.2) is 0 Å². The summed E-state index contributed by atoms with van der Waals surface area (Å²) < 4.78 is 0.830. The van der Waals surface area contributed by atoms with Gasteiger partial charge >= 0.3 is 12.0 Å². The molecule has 0 heterocycles. The van der Waals surface area contributed by atoms with Gasteiger partial charge in [-0.1, -0.05) is 36.7 Å². The van der Waals surface area contributed by atoms with Crippen molar-refractivity contribution in [1.82, 2.24) is 10.8 Å². The number of rotatable bonds is 6. The maximum Gasteiger partial charge on any atom is 0.332 e. The number of amides is 4. The zero-order valence-corrected chi connectivity index (χ0v) is 16.9. The van der Waals surface area contributed by atoms with Crippen molar-refractivity contribution >= 4 is 45.4 Å². The van der Waals surface area contributed by atoms with Gasteiger partial charge in [0.05, 0.1) is 12.8 Å². The van der Waals surface area contributed by atoms with Gasteiger partial charge in [-0.15, -0.1) is 0 Å². The SMILES string of the molecule is CC(C)(C)CC(=O)ONC(=O)C(CC(N)=O)NC(=O)Nc1ccc(Br)cc1. The zero-order valence-electron chi connectivity index (χ0n) is 15.3. The van der Waals surface area contributed by atoms with Crippen molar-refractivity contribution in [3.05, 3.63) is 28.7 Å². The highest BCUT2D eigenvalue weighted by atomic mass is 79.9. The molecule has 0 saturated carbocycles. The number of carbonyl (C=O) groups is 4. The van der Waals surface area contributed by atoms with Crippen LogP contribution in [-0.2, 0) is 19.2 Å². The summed E-state index contributed by atoms with van der Waals surface area (Å²) in [4.78, 5) is 51.7. The molecule has 10 heteroatoms. The molecule has 1 rings (SSSR count). The maximum absolute atomic E-state index is 12.1. The Morgan fingerprint density at radius 3 is 2.26 bits per heavy atom. The number of hydrogen-bond acceptors (Lipinski definition) is 5. The van der Waals surface area contributed by atoms with Gasteiger partial charge in [0.1, 0.15) is 6.04 Å². The highest BCUT2D eigenvalue weighted by Gasteiger charge is 2.25. The van der Waals surface area contributed by atoms with E-state index >= 15 is 0 Å². The van der Waals surface area contributed by atoms with Crippen LogP contribution in [0.15, 0.2) is 28.7 Å². The third kappa shape index (κ3) is 9.59. The van der Waals surface area contributed by atoms with Crippen LogP contribution in [0.1, 0.15) is 33.6 Å².